The summed E-state index contributed by atoms with van der Waals surface area (Å²) in [5.41, 5.74) is 21.6. The smallest absolute Gasteiger partial charge is 0.159 e. The van der Waals surface area contributed by atoms with Gasteiger partial charge in [-0.3, -0.25) is 9.97 Å². The predicted octanol–water partition coefficient (Wildman–Crippen LogP) is 17.1. The Kier molecular flexibility index (Phi) is 7.69. The number of benzene rings is 9. The molecule has 7 heteroatoms. The number of para-hydroxylation sites is 6. The maximum atomic E-state index is 7.29. The minimum Gasteiger partial charge on any atom is -0.454 e. The minimum absolute atomic E-state index is 0.152. The Hall–Kier alpha value is -9.72. The van der Waals surface area contributed by atoms with Crippen molar-refractivity contribution >= 4 is 109 Å². The molecule has 1 aliphatic carbocycles. The zero-order valence-electron chi connectivity index (χ0n) is 40.4. The van der Waals surface area contributed by atoms with Gasteiger partial charge >= 0.3 is 0 Å². The van der Waals surface area contributed by atoms with Crippen molar-refractivity contribution in [2.24, 2.45) is 0 Å². The van der Waals surface area contributed by atoms with E-state index in [9.17, 15) is 0 Å². The van der Waals surface area contributed by atoms with Gasteiger partial charge in [0.1, 0.15) is 5.58 Å². The lowest BCUT2D eigenvalue weighted by molar-refractivity contribution is 0.660. The van der Waals surface area contributed by atoms with E-state index in [2.05, 4.69) is 251 Å². The highest BCUT2D eigenvalue weighted by Crippen LogP contribution is 2.50. The molecule has 17 rings (SSSR count). The second kappa shape index (κ2) is 14.2. The second-order valence-corrected chi connectivity index (χ2v) is 20.5. The van der Waals surface area contributed by atoms with E-state index in [0.717, 1.165) is 127 Å². The molecule has 7 heterocycles. The molecule has 7 nitrogen and oxygen atoms in total. The molecule has 0 saturated carbocycles. The molecule has 0 saturated heterocycles. The first kappa shape index (κ1) is 39.9. The Morgan fingerprint density at radius 3 is 1.54 bits per heavy atom. The summed E-state index contributed by atoms with van der Waals surface area (Å²) in [6.07, 6.45) is 4.14. The Balaban J connectivity index is 0.932. The molecular weight excluding hydrogens is 905 g/mol. The quantitative estimate of drug-likeness (QED) is 0.177. The highest BCUT2D eigenvalue weighted by molar-refractivity contribution is 6.24. The molecule has 16 aromatic rings. The summed E-state index contributed by atoms with van der Waals surface area (Å²) in [6, 6.07) is 74.6. The molecule has 346 valence electrons. The SMILES string of the molecule is CC1(C)c2ccccc2-c2ccc(-n3c4ccccc4c4cnc5c6ccccc6n(-c6ccc7c(c6)oc6c(-n8c9ccccc9c9ncc%10c%11ccccc%11n(-c%11ccccc%11)c%10c98)cccc67)c5c43)cc21. The summed E-state index contributed by atoms with van der Waals surface area (Å²) in [5.74, 6) is 0. The zero-order valence-corrected chi connectivity index (χ0v) is 40.4. The third kappa shape index (κ3) is 5.05. The first-order valence-electron chi connectivity index (χ1n) is 25.4. The van der Waals surface area contributed by atoms with Crippen LogP contribution < -0.4 is 0 Å². The normalized spacial score (nSPS) is 13.4. The van der Waals surface area contributed by atoms with Crippen LogP contribution >= 0.6 is 0 Å². The van der Waals surface area contributed by atoms with Crippen molar-refractivity contribution in [3.05, 3.63) is 230 Å². The number of aromatic nitrogens is 6. The molecule has 0 amide bonds. The number of hydrogen-bond acceptors (Lipinski definition) is 3. The Morgan fingerprint density at radius 2 is 0.851 bits per heavy atom. The average Bonchev–Trinajstić information content (AvgIpc) is 4.29. The summed E-state index contributed by atoms with van der Waals surface area (Å²) in [5, 5.41) is 8.81. The number of pyridine rings is 2. The van der Waals surface area contributed by atoms with Crippen LogP contribution in [0.3, 0.4) is 0 Å². The van der Waals surface area contributed by atoms with Crippen LogP contribution in [0.4, 0.5) is 0 Å². The van der Waals surface area contributed by atoms with E-state index in [-0.39, 0.29) is 5.41 Å². The largest absolute Gasteiger partial charge is 0.454 e. The number of furan rings is 1. The first-order valence-corrected chi connectivity index (χ1v) is 25.4. The van der Waals surface area contributed by atoms with E-state index in [1.807, 2.05) is 0 Å². The van der Waals surface area contributed by atoms with Gasteiger partial charge in [0.05, 0.1) is 66.5 Å². The van der Waals surface area contributed by atoms with Gasteiger partial charge in [0.15, 0.2) is 5.58 Å². The summed E-state index contributed by atoms with van der Waals surface area (Å²) in [4.78, 5) is 10.6. The molecule has 74 heavy (non-hydrogen) atoms. The molecule has 7 aromatic heterocycles. The Labute approximate surface area is 423 Å². The number of fused-ring (bicyclic) bond motifs is 20. The molecule has 0 unspecified atom stereocenters. The van der Waals surface area contributed by atoms with Gasteiger partial charge in [-0.25, -0.2) is 0 Å². The Morgan fingerprint density at radius 1 is 0.351 bits per heavy atom. The lowest BCUT2D eigenvalue weighted by Gasteiger charge is -2.22. The number of nitrogens with zero attached hydrogens (tertiary/aromatic N) is 6. The summed E-state index contributed by atoms with van der Waals surface area (Å²) in [6.45, 7) is 4.71. The highest BCUT2D eigenvalue weighted by atomic mass is 16.3. The summed E-state index contributed by atoms with van der Waals surface area (Å²) in [7, 11) is 0. The molecule has 0 atom stereocenters. The second-order valence-electron chi connectivity index (χ2n) is 20.5. The molecule has 0 bridgehead atoms. The molecule has 0 radical (unpaired) electrons. The third-order valence-electron chi connectivity index (χ3n) is 16.4. The maximum absolute atomic E-state index is 7.29. The van der Waals surface area contributed by atoms with Crippen LogP contribution in [0.15, 0.2) is 223 Å². The van der Waals surface area contributed by atoms with Gasteiger partial charge in [0.25, 0.3) is 0 Å². The summed E-state index contributed by atoms with van der Waals surface area (Å²) >= 11 is 0. The average molecular weight is 947 g/mol. The topological polar surface area (TPSA) is 58.6 Å². The molecule has 9 aromatic carbocycles. The number of rotatable bonds is 4. The van der Waals surface area contributed by atoms with Gasteiger partial charge in [-0.15, -0.1) is 0 Å². The molecule has 0 spiro atoms. The van der Waals surface area contributed by atoms with Crippen LogP contribution in [0.25, 0.3) is 143 Å². The number of hydrogen-bond donors (Lipinski definition) is 0. The van der Waals surface area contributed by atoms with Crippen molar-refractivity contribution in [1.29, 1.82) is 0 Å². The van der Waals surface area contributed by atoms with E-state index >= 15 is 0 Å². The van der Waals surface area contributed by atoms with Crippen molar-refractivity contribution in [3.8, 4) is 33.9 Å². The van der Waals surface area contributed by atoms with Gasteiger partial charge in [-0.05, 0) is 89.0 Å². The fourth-order valence-corrected chi connectivity index (χ4v) is 13.2. The lowest BCUT2D eigenvalue weighted by atomic mass is 9.82. The van der Waals surface area contributed by atoms with E-state index in [1.54, 1.807) is 0 Å². The lowest BCUT2D eigenvalue weighted by Crippen LogP contribution is -2.15. The van der Waals surface area contributed by atoms with Gasteiger partial charge in [0.2, 0.25) is 0 Å². The standard InChI is InChI=1S/C67H42N6O/c1-67(2)52-25-11-6-19-42(52)43-33-31-40(35-53(43)67)71-55-27-13-8-21-45(55)50-37-68-60-48-22-9-14-28-56(48)72(64(60)62(50)71)41-32-34-46-47-24-16-30-58(66(47)74-59(46)36-41)73-57-29-15-10-23-49(57)61-65(73)63-51(38-69-61)44-20-7-12-26-54(44)70(63)39-17-4-3-5-18-39/h3-38H,1-2H3. The van der Waals surface area contributed by atoms with Crippen molar-refractivity contribution in [1.82, 2.24) is 28.2 Å². The molecule has 0 N–H and O–H groups in total. The van der Waals surface area contributed by atoms with E-state index in [0.29, 0.717) is 0 Å². The van der Waals surface area contributed by atoms with Crippen LogP contribution in [0.5, 0.6) is 0 Å². The highest BCUT2D eigenvalue weighted by Gasteiger charge is 2.36. The van der Waals surface area contributed by atoms with Crippen molar-refractivity contribution in [2.45, 2.75) is 19.3 Å². The molecule has 1 aliphatic rings. The Bertz CT molecular complexity index is 5120. The van der Waals surface area contributed by atoms with Crippen molar-refractivity contribution < 1.29 is 4.42 Å². The first-order chi connectivity index (χ1) is 36.5. The van der Waals surface area contributed by atoms with Crippen LogP contribution in [-0.4, -0.2) is 28.2 Å². The molecule has 0 aliphatic heterocycles. The fraction of sp³-hybridized carbons (Fsp3) is 0.0448. The fourth-order valence-electron chi connectivity index (χ4n) is 13.2. The zero-order chi connectivity index (χ0) is 48.6. The van der Waals surface area contributed by atoms with Gasteiger partial charge in [-0.2, -0.15) is 0 Å². The van der Waals surface area contributed by atoms with Gasteiger partial charge in [-0.1, -0.05) is 147 Å². The minimum atomic E-state index is -0.152. The monoisotopic (exact) mass is 946 g/mol. The van der Waals surface area contributed by atoms with Crippen LogP contribution in [0.1, 0.15) is 25.0 Å². The van der Waals surface area contributed by atoms with Crippen molar-refractivity contribution in [3.63, 3.8) is 0 Å². The van der Waals surface area contributed by atoms with Gasteiger partial charge in [0, 0.05) is 78.3 Å². The van der Waals surface area contributed by atoms with E-state index in [4.69, 9.17) is 14.4 Å². The predicted molar refractivity (Wildman–Crippen MR) is 304 cm³/mol. The van der Waals surface area contributed by atoms with Crippen LogP contribution in [0, 0.1) is 0 Å². The van der Waals surface area contributed by atoms with Crippen LogP contribution in [-0.2, 0) is 5.41 Å². The molecule has 0 fully saturated rings. The summed E-state index contributed by atoms with van der Waals surface area (Å²) < 4.78 is 17.0. The van der Waals surface area contributed by atoms with Gasteiger partial charge < -0.3 is 22.7 Å². The molecular formula is C67H42N6O. The van der Waals surface area contributed by atoms with E-state index < -0.39 is 0 Å². The maximum Gasteiger partial charge on any atom is 0.159 e. The van der Waals surface area contributed by atoms with Crippen LogP contribution in [0.2, 0.25) is 0 Å². The van der Waals surface area contributed by atoms with Crippen molar-refractivity contribution in [2.75, 3.05) is 0 Å². The third-order valence-corrected chi connectivity index (χ3v) is 16.4. The van der Waals surface area contributed by atoms with E-state index in [1.165, 1.54) is 27.6 Å².